The van der Waals surface area contributed by atoms with Gasteiger partial charge in [0.15, 0.2) is 0 Å². The Balaban J connectivity index is 1.74. The summed E-state index contributed by atoms with van der Waals surface area (Å²) in [4.78, 5) is 11.1. The SMILES string of the molecule is CC(Nc1ccc(-c2cc(=O)[nH][nH]2)cc1)c1cnn(C)c1. The molecular formula is C15H17N5O. The molecule has 3 aromatic rings. The fourth-order valence-electron chi connectivity index (χ4n) is 2.23. The van der Waals surface area contributed by atoms with E-state index in [1.807, 2.05) is 43.7 Å². The lowest BCUT2D eigenvalue weighted by Gasteiger charge is -2.13. The molecule has 3 N–H and O–H groups in total. The molecule has 0 amide bonds. The Morgan fingerprint density at radius 2 is 2.00 bits per heavy atom. The number of aryl methyl sites for hydroxylation is 1. The normalized spacial score (nSPS) is 12.3. The molecule has 1 unspecified atom stereocenters. The van der Waals surface area contributed by atoms with E-state index in [4.69, 9.17) is 0 Å². The van der Waals surface area contributed by atoms with Gasteiger partial charge in [-0.05, 0) is 24.6 Å². The average Bonchev–Trinajstić information content (AvgIpc) is 3.08. The van der Waals surface area contributed by atoms with Crippen molar-refractivity contribution in [3.05, 3.63) is 58.6 Å². The van der Waals surface area contributed by atoms with E-state index in [0.29, 0.717) is 0 Å². The number of rotatable bonds is 4. The number of nitrogens with one attached hydrogen (secondary N) is 3. The zero-order chi connectivity index (χ0) is 14.8. The minimum absolute atomic E-state index is 0.127. The largest absolute Gasteiger partial charge is 0.378 e. The number of anilines is 1. The first-order valence-corrected chi connectivity index (χ1v) is 6.75. The van der Waals surface area contributed by atoms with Crippen molar-refractivity contribution in [2.45, 2.75) is 13.0 Å². The topological polar surface area (TPSA) is 78.5 Å². The Labute approximate surface area is 121 Å². The Hall–Kier alpha value is -2.76. The predicted molar refractivity (Wildman–Crippen MR) is 82.1 cm³/mol. The molecule has 21 heavy (non-hydrogen) atoms. The van der Waals surface area contributed by atoms with Gasteiger partial charge in [0.25, 0.3) is 5.56 Å². The molecule has 0 aliphatic carbocycles. The fourth-order valence-corrected chi connectivity index (χ4v) is 2.23. The third-order valence-corrected chi connectivity index (χ3v) is 3.40. The van der Waals surface area contributed by atoms with Crippen LogP contribution in [-0.4, -0.2) is 20.0 Å². The second-order valence-corrected chi connectivity index (χ2v) is 5.06. The lowest BCUT2D eigenvalue weighted by Crippen LogP contribution is -2.05. The minimum Gasteiger partial charge on any atom is -0.378 e. The molecule has 2 aromatic heterocycles. The van der Waals surface area contributed by atoms with E-state index >= 15 is 0 Å². The van der Waals surface area contributed by atoms with E-state index in [-0.39, 0.29) is 11.6 Å². The van der Waals surface area contributed by atoms with Crippen molar-refractivity contribution >= 4 is 5.69 Å². The third-order valence-electron chi connectivity index (χ3n) is 3.40. The van der Waals surface area contributed by atoms with Gasteiger partial charge in [0.2, 0.25) is 0 Å². The average molecular weight is 283 g/mol. The Bertz CT molecular complexity index is 781. The van der Waals surface area contributed by atoms with E-state index in [9.17, 15) is 4.79 Å². The smallest absolute Gasteiger partial charge is 0.264 e. The minimum atomic E-state index is -0.127. The van der Waals surface area contributed by atoms with Crippen LogP contribution >= 0.6 is 0 Å². The van der Waals surface area contributed by atoms with Crippen molar-refractivity contribution in [3.63, 3.8) is 0 Å². The number of aromatic amines is 2. The zero-order valence-electron chi connectivity index (χ0n) is 11.9. The van der Waals surface area contributed by atoms with Crippen LogP contribution in [-0.2, 0) is 7.05 Å². The van der Waals surface area contributed by atoms with Crippen molar-refractivity contribution in [2.24, 2.45) is 7.05 Å². The van der Waals surface area contributed by atoms with Crippen LogP contribution in [0.5, 0.6) is 0 Å². The number of hydrogen-bond acceptors (Lipinski definition) is 3. The molecule has 0 aliphatic rings. The molecule has 108 valence electrons. The van der Waals surface area contributed by atoms with Crippen molar-refractivity contribution < 1.29 is 0 Å². The fraction of sp³-hybridized carbons (Fsp3) is 0.200. The summed E-state index contributed by atoms with van der Waals surface area (Å²) in [7, 11) is 1.91. The van der Waals surface area contributed by atoms with Crippen molar-refractivity contribution in [2.75, 3.05) is 5.32 Å². The molecule has 0 spiro atoms. The van der Waals surface area contributed by atoms with E-state index in [2.05, 4.69) is 27.5 Å². The molecule has 0 bridgehead atoms. The summed E-state index contributed by atoms with van der Waals surface area (Å²) in [6.45, 7) is 2.09. The third kappa shape index (κ3) is 2.89. The second kappa shape index (κ2) is 5.32. The molecule has 1 aromatic carbocycles. The highest BCUT2D eigenvalue weighted by Gasteiger charge is 2.07. The van der Waals surface area contributed by atoms with Gasteiger partial charge >= 0.3 is 0 Å². The lowest BCUT2D eigenvalue weighted by atomic mass is 10.1. The Morgan fingerprint density at radius 1 is 1.24 bits per heavy atom. The maximum atomic E-state index is 11.1. The van der Waals surface area contributed by atoms with Gasteiger partial charge in [0.1, 0.15) is 0 Å². The van der Waals surface area contributed by atoms with E-state index in [1.54, 1.807) is 10.7 Å². The summed E-state index contributed by atoms with van der Waals surface area (Å²) >= 11 is 0. The van der Waals surface area contributed by atoms with Gasteiger partial charge in [-0.25, -0.2) is 0 Å². The molecular weight excluding hydrogens is 266 g/mol. The molecule has 0 saturated carbocycles. The number of nitrogens with zero attached hydrogens (tertiary/aromatic N) is 2. The van der Waals surface area contributed by atoms with Crippen molar-refractivity contribution in [1.82, 2.24) is 20.0 Å². The van der Waals surface area contributed by atoms with Crippen molar-refractivity contribution in [3.8, 4) is 11.3 Å². The van der Waals surface area contributed by atoms with Crippen LogP contribution in [0.1, 0.15) is 18.5 Å². The maximum Gasteiger partial charge on any atom is 0.264 e. The van der Waals surface area contributed by atoms with Crippen LogP contribution in [0.4, 0.5) is 5.69 Å². The molecule has 2 heterocycles. The number of H-pyrrole nitrogens is 2. The first-order chi connectivity index (χ1) is 10.1. The highest BCUT2D eigenvalue weighted by atomic mass is 16.1. The molecule has 6 heteroatoms. The zero-order valence-corrected chi connectivity index (χ0v) is 11.9. The van der Waals surface area contributed by atoms with Crippen molar-refractivity contribution in [1.29, 1.82) is 0 Å². The van der Waals surface area contributed by atoms with Crippen LogP contribution in [0.15, 0.2) is 47.5 Å². The molecule has 0 saturated heterocycles. The monoisotopic (exact) mass is 283 g/mol. The van der Waals surface area contributed by atoms with Crippen LogP contribution < -0.4 is 10.9 Å². The van der Waals surface area contributed by atoms with Crippen LogP contribution in [0, 0.1) is 0 Å². The first-order valence-electron chi connectivity index (χ1n) is 6.75. The van der Waals surface area contributed by atoms with E-state index in [1.165, 1.54) is 0 Å². The molecule has 3 rings (SSSR count). The summed E-state index contributed by atoms with van der Waals surface area (Å²) in [5, 5.41) is 13.0. The molecule has 0 fully saturated rings. The lowest BCUT2D eigenvalue weighted by molar-refractivity contribution is 0.765. The van der Waals surface area contributed by atoms with Crippen LogP contribution in [0.25, 0.3) is 11.3 Å². The predicted octanol–water partition coefficient (Wildman–Crippen LogP) is 2.28. The summed E-state index contributed by atoms with van der Waals surface area (Å²) in [5.41, 5.74) is 3.78. The van der Waals surface area contributed by atoms with E-state index in [0.717, 1.165) is 22.5 Å². The molecule has 6 nitrogen and oxygen atoms in total. The summed E-state index contributed by atoms with van der Waals surface area (Å²) < 4.78 is 1.79. The standard InChI is InChI=1S/C15H17N5O/c1-10(12-8-16-20(2)9-12)17-13-5-3-11(4-6-13)14-7-15(21)19-18-14/h3-10,17H,1-2H3,(H2,18,19,21). The molecule has 0 aliphatic heterocycles. The van der Waals surface area contributed by atoms with Gasteiger partial charge < -0.3 is 5.32 Å². The highest BCUT2D eigenvalue weighted by molar-refractivity contribution is 5.62. The number of hydrogen-bond donors (Lipinski definition) is 3. The van der Waals surface area contributed by atoms with Gasteiger partial charge in [0.05, 0.1) is 17.9 Å². The van der Waals surface area contributed by atoms with Crippen LogP contribution in [0.3, 0.4) is 0 Å². The van der Waals surface area contributed by atoms with Crippen LogP contribution in [0.2, 0.25) is 0 Å². The van der Waals surface area contributed by atoms with Gasteiger partial charge in [-0.2, -0.15) is 5.10 Å². The number of aromatic nitrogens is 4. The Kier molecular flexibility index (Phi) is 3.35. The highest BCUT2D eigenvalue weighted by Crippen LogP contribution is 2.22. The number of benzene rings is 1. The summed E-state index contributed by atoms with van der Waals surface area (Å²) in [6, 6.07) is 9.65. The molecule has 1 atom stereocenters. The summed E-state index contributed by atoms with van der Waals surface area (Å²) in [5.74, 6) is 0. The van der Waals surface area contributed by atoms with Gasteiger partial charge in [-0.15, -0.1) is 0 Å². The van der Waals surface area contributed by atoms with Gasteiger partial charge in [0, 0.05) is 30.6 Å². The first kappa shape index (κ1) is 13.2. The maximum absolute atomic E-state index is 11.1. The van der Waals surface area contributed by atoms with Gasteiger partial charge in [-0.3, -0.25) is 19.7 Å². The van der Waals surface area contributed by atoms with Gasteiger partial charge in [-0.1, -0.05) is 12.1 Å². The second-order valence-electron chi connectivity index (χ2n) is 5.06. The van der Waals surface area contributed by atoms with E-state index < -0.39 is 0 Å². The molecule has 0 radical (unpaired) electrons. The summed E-state index contributed by atoms with van der Waals surface area (Å²) in [6.07, 6.45) is 3.85. The Morgan fingerprint density at radius 3 is 2.57 bits per heavy atom. The quantitative estimate of drug-likeness (QED) is 0.687.